The van der Waals surface area contributed by atoms with Gasteiger partial charge in [0.15, 0.2) is 6.29 Å². The second kappa shape index (κ2) is 5.31. The Morgan fingerprint density at radius 3 is 2.33 bits per heavy atom. The number of hydrogen-bond acceptors (Lipinski definition) is 4. The molecule has 0 aromatic heterocycles. The number of alkyl halides is 1. The Labute approximate surface area is 75.2 Å². The van der Waals surface area contributed by atoms with Crippen LogP contribution in [0.5, 0.6) is 0 Å². The number of carboxylic acid groups (broad SMARTS) is 1. The Balaban J connectivity index is 4.05. The van der Waals surface area contributed by atoms with E-state index in [1.807, 2.05) is 0 Å². The van der Waals surface area contributed by atoms with Gasteiger partial charge in [0, 0.05) is 0 Å². The molecule has 0 bridgehead atoms. The van der Waals surface area contributed by atoms with Crippen LogP contribution in [0, 0.1) is 0 Å². The van der Waals surface area contributed by atoms with Gasteiger partial charge in [0.1, 0.15) is 6.04 Å². The number of nitrogens with zero attached hydrogens (tertiary/aromatic N) is 1. The maximum Gasteiger partial charge on any atom is 0.320 e. The minimum Gasteiger partial charge on any atom is -0.480 e. The van der Waals surface area contributed by atoms with E-state index in [0.717, 1.165) is 0 Å². The fourth-order valence-corrected chi connectivity index (χ4v) is 0.981. The predicted octanol–water partition coefficient (Wildman–Crippen LogP) is -0.731. The molecule has 0 rings (SSSR count). The Kier molecular flexibility index (Phi) is 5.16. The SMILES string of the molecule is CC(C(=O)O)N(CCl)CC(O)O. The molecule has 0 radical (unpaired) electrons. The van der Waals surface area contributed by atoms with Gasteiger partial charge in [-0.25, -0.2) is 0 Å². The van der Waals surface area contributed by atoms with Crippen LogP contribution in [0.3, 0.4) is 0 Å². The molecule has 3 N–H and O–H groups in total. The minimum absolute atomic E-state index is 0.0505. The largest absolute Gasteiger partial charge is 0.480 e. The van der Waals surface area contributed by atoms with Gasteiger partial charge in [-0.1, -0.05) is 0 Å². The summed E-state index contributed by atoms with van der Waals surface area (Å²) in [7, 11) is 0. The summed E-state index contributed by atoms with van der Waals surface area (Å²) in [5.41, 5.74) is 0. The quantitative estimate of drug-likeness (QED) is 0.308. The van der Waals surface area contributed by atoms with Crippen molar-refractivity contribution in [3.63, 3.8) is 0 Å². The highest BCUT2D eigenvalue weighted by Gasteiger charge is 2.21. The molecular weight excluding hydrogens is 186 g/mol. The van der Waals surface area contributed by atoms with E-state index in [4.69, 9.17) is 26.9 Å². The van der Waals surface area contributed by atoms with Gasteiger partial charge in [-0.15, -0.1) is 11.6 Å². The van der Waals surface area contributed by atoms with E-state index in [9.17, 15) is 4.79 Å². The third kappa shape index (κ3) is 3.87. The Bertz CT molecular complexity index is 152. The summed E-state index contributed by atoms with van der Waals surface area (Å²) in [6.07, 6.45) is -1.56. The second-order valence-corrected chi connectivity index (χ2v) is 2.62. The minimum atomic E-state index is -1.56. The molecule has 5 nitrogen and oxygen atoms in total. The van der Waals surface area contributed by atoms with Crippen LogP contribution in [-0.2, 0) is 4.79 Å². The van der Waals surface area contributed by atoms with Crippen LogP contribution >= 0.6 is 11.6 Å². The molecule has 0 aromatic carbocycles. The van der Waals surface area contributed by atoms with E-state index in [1.165, 1.54) is 11.8 Å². The van der Waals surface area contributed by atoms with Crippen molar-refractivity contribution in [1.29, 1.82) is 0 Å². The first-order chi connectivity index (χ1) is 5.49. The highest BCUT2D eigenvalue weighted by atomic mass is 35.5. The molecule has 0 aliphatic rings. The lowest BCUT2D eigenvalue weighted by Gasteiger charge is -2.23. The lowest BCUT2D eigenvalue weighted by molar-refractivity contribution is -0.144. The molecule has 6 heteroatoms. The first kappa shape index (κ1) is 11.6. The molecular formula is C6H12ClNO4. The number of halogens is 1. The van der Waals surface area contributed by atoms with Gasteiger partial charge in [-0.3, -0.25) is 9.69 Å². The normalized spacial score (nSPS) is 13.8. The zero-order valence-electron chi connectivity index (χ0n) is 6.64. The first-order valence-electron chi connectivity index (χ1n) is 3.38. The summed E-state index contributed by atoms with van der Waals surface area (Å²) in [4.78, 5) is 11.6. The van der Waals surface area contributed by atoms with Crippen molar-refractivity contribution in [1.82, 2.24) is 4.90 Å². The standard InChI is InChI=1S/C6H12ClNO4/c1-4(6(11)12)8(3-7)2-5(9)10/h4-5,9-10H,2-3H2,1H3,(H,11,12). The fraction of sp³-hybridized carbons (Fsp3) is 0.833. The molecule has 1 atom stereocenters. The summed E-state index contributed by atoms with van der Waals surface area (Å²) in [5.74, 6) is -1.05. The molecule has 0 saturated carbocycles. The van der Waals surface area contributed by atoms with E-state index in [1.54, 1.807) is 0 Å². The molecule has 0 fully saturated rings. The average Bonchev–Trinajstić information content (AvgIpc) is 1.98. The van der Waals surface area contributed by atoms with Crippen LogP contribution in [0.4, 0.5) is 0 Å². The Morgan fingerprint density at radius 2 is 2.08 bits per heavy atom. The molecule has 0 heterocycles. The smallest absolute Gasteiger partial charge is 0.320 e. The molecule has 1 unspecified atom stereocenters. The van der Waals surface area contributed by atoms with Gasteiger partial charge in [0.2, 0.25) is 0 Å². The van der Waals surface area contributed by atoms with Crippen molar-refractivity contribution in [2.75, 3.05) is 12.5 Å². The molecule has 12 heavy (non-hydrogen) atoms. The van der Waals surface area contributed by atoms with E-state index in [-0.39, 0.29) is 12.5 Å². The summed E-state index contributed by atoms with van der Waals surface area (Å²) in [6.45, 7) is 1.25. The second-order valence-electron chi connectivity index (χ2n) is 2.39. The molecule has 0 saturated heterocycles. The van der Waals surface area contributed by atoms with Crippen LogP contribution in [0.15, 0.2) is 0 Å². The van der Waals surface area contributed by atoms with Crippen LogP contribution in [-0.4, -0.2) is 51.1 Å². The molecule has 0 amide bonds. The van der Waals surface area contributed by atoms with Crippen LogP contribution in [0.2, 0.25) is 0 Å². The van der Waals surface area contributed by atoms with Crippen molar-refractivity contribution in [2.24, 2.45) is 0 Å². The van der Waals surface area contributed by atoms with Gasteiger partial charge in [-0.05, 0) is 6.92 Å². The third-order valence-corrected chi connectivity index (χ3v) is 1.76. The predicted molar refractivity (Wildman–Crippen MR) is 42.7 cm³/mol. The number of hydrogen-bond donors (Lipinski definition) is 3. The molecule has 0 aromatic rings. The lowest BCUT2D eigenvalue weighted by Crippen LogP contribution is -2.42. The fourth-order valence-electron chi connectivity index (χ4n) is 0.676. The van der Waals surface area contributed by atoms with E-state index < -0.39 is 18.3 Å². The molecule has 72 valence electrons. The maximum atomic E-state index is 10.4. The van der Waals surface area contributed by atoms with E-state index in [0.29, 0.717) is 0 Å². The van der Waals surface area contributed by atoms with Crippen molar-refractivity contribution in [3.8, 4) is 0 Å². The third-order valence-electron chi connectivity index (χ3n) is 1.46. The summed E-state index contributed by atoms with van der Waals surface area (Å²) < 4.78 is 0. The monoisotopic (exact) mass is 197 g/mol. The molecule has 0 spiro atoms. The first-order valence-corrected chi connectivity index (χ1v) is 3.91. The van der Waals surface area contributed by atoms with Gasteiger partial charge in [0.25, 0.3) is 0 Å². The van der Waals surface area contributed by atoms with Gasteiger partial charge >= 0.3 is 5.97 Å². The van der Waals surface area contributed by atoms with Crippen molar-refractivity contribution in [2.45, 2.75) is 19.3 Å². The number of carboxylic acids is 1. The van der Waals surface area contributed by atoms with Crippen LogP contribution < -0.4 is 0 Å². The number of aliphatic carboxylic acids is 1. The van der Waals surface area contributed by atoms with Crippen molar-refractivity contribution >= 4 is 17.6 Å². The van der Waals surface area contributed by atoms with Crippen molar-refractivity contribution in [3.05, 3.63) is 0 Å². The zero-order valence-corrected chi connectivity index (χ0v) is 7.40. The average molecular weight is 198 g/mol. The Hall–Kier alpha value is -0.360. The van der Waals surface area contributed by atoms with Crippen LogP contribution in [0.1, 0.15) is 6.92 Å². The highest BCUT2D eigenvalue weighted by Crippen LogP contribution is 2.01. The van der Waals surface area contributed by atoms with Crippen LogP contribution in [0.25, 0.3) is 0 Å². The number of aliphatic hydroxyl groups is 2. The molecule has 0 aliphatic heterocycles. The summed E-state index contributed by atoms with van der Waals surface area (Å²) in [6, 6.07) is -0.866. The van der Waals surface area contributed by atoms with Gasteiger partial charge in [0.05, 0.1) is 12.5 Å². The van der Waals surface area contributed by atoms with E-state index in [2.05, 4.69) is 0 Å². The maximum absolute atomic E-state index is 10.4. The van der Waals surface area contributed by atoms with Gasteiger partial charge < -0.3 is 15.3 Å². The van der Waals surface area contributed by atoms with Crippen molar-refractivity contribution < 1.29 is 20.1 Å². The Morgan fingerprint density at radius 1 is 1.58 bits per heavy atom. The van der Waals surface area contributed by atoms with E-state index >= 15 is 0 Å². The topological polar surface area (TPSA) is 81.0 Å². The highest BCUT2D eigenvalue weighted by molar-refractivity contribution is 6.17. The number of carbonyl (C=O) groups is 1. The number of rotatable bonds is 5. The zero-order chi connectivity index (χ0) is 9.72. The van der Waals surface area contributed by atoms with Gasteiger partial charge in [-0.2, -0.15) is 0 Å². The number of aliphatic hydroxyl groups excluding tert-OH is 1. The lowest BCUT2D eigenvalue weighted by atomic mass is 10.3. The summed E-state index contributed by atoms with van der Waals surface area (Å²) in [5, 5.41) is 25.6. The summed E-state index contributed by atoms with van der Waals surface area (Å²) >= 11 is 5.39. The molecule has 0 aliphatic carbocycles.